The Hall–Kier alpha value is -0.470. The molecular weight excluding hydrogens is 356 g/mol. The van der Waals surface area contributed by atoms with Gasteiger partial charge in [0.15, 0.2) is 0 Å². The van der Waals surface area contributed by atoms with Crippen molar-refractivity contribution in [1.82, 2.24) is 4.72 Å². The first-order valence-corrected chi connectivity index (χ1v) is 9.20. The lowest BCUT2D eigenvalue weighted by molar-refractivity contribution is 0.128. The zero-order valence-corrected chi connectivity index (χ0v) is 14.8. The molecule has 0 fully saturated rings. The van der Waals surface area contributed by atoms with Crippen molar-refractivity contribution in [2.75, 3.05) is 19.8 Å². The van der Waals surface area contributed by atoms with Gasteiger partial charge in [0.05, 0.1) is 11.5 Å². The summed E-state index contributed by atoms with van der Waals surface area (Å²) in [4.78, 5) is 0.202. The van der Waals surface area contributed by atoms with Crippen LogP contribution in [0, 0.1) is 5.92 Å². The largest absolute Gasteiger partial charge is 0.380 e. The second-order valence-electron chi connectivity index (χ2n) is 5.16. The van der Waals surface area contributed by atoms with Crippen LogP contribution in [-0.2, 0) is 21.3 Å². The van der Waals surface area contributed by atoms with E-state index < -0.39 is 10.0 Å². The molecule has 21 heavy (non-hydrogen) atoms. The molecule has 0 aliphatic carbocycles. The molecule has 0 bridgehead atoms. The molecule has 0 heterocycles. The van der Waals surface area contributed by atoms with E-state index in [9.17, 15) is 8.42 Å². The molecule has 1 rings (SSSR count). The third-order valence-electron chi connectivity index (χ3n) is 2.90. The minimum Gasteiger partial charge on any atom is -0.380 e. The van der Waals surface area contributed by atoms with Crippen molar-refractivity contribution in [3.63, 3.8) is 0 Å². The number of hydrogen-bond donors (Lipinski definition) is 2. The summed E-state index contributed by atoms with van der Waals surface area (Å²) in [5, 5.41) is 0. The predicted molar refractivity (Wildman–Crippen MR) is 87.5 cm³/mol. The van der Waals surface area contributed by atoms with E-state index >= 15 is 0 Å². The van der Waals surface area contributed by atoms with Crippen LogP contribution in [0.3, 0.4) is 0 Å². The lowest BCUT2D eigenvalue weighted by atomic mass is 10.1. The predicted octanol–water partition coefficient (Wildman–Crippen LogP) is 2.25. The number of nitrogens with one attached hydrogen (secondary N) is 1. The van der Waals surface area contributed by atoms with Gasteiger partial charge < -0.3 is 10.5 Å². The van der Waals surface area contributed by atoms with Crippen LogP contribution in [0.15, 0.2) is 27.6 Å². The highest BCUT2D eigenvalue weighted by Gasteiger charge is 2.17. The van der Waals surface area contributed by atoms with Crippen LogP contribution in [0.1, 0.15) is 25.8 Å². The van der Waals surface area contributed by atoms with Crippen molar-refractivity contribution in [3.8, 4) is 0 Å². The van der Waals surface area contributed by atoms with Gasteiger partial charge in [-0.3, -0.25) is 0 Å². The van der Waals surface area contributed by atoms with Crippen LogP contribution in [0.5, 0.6) is 0 Å². The Morgan fingerprint density at radius 1 is 1.33 bits per heavy atom. The topological polar surface area (TPSA) is 81.4 Å². The molecule has 0 aromatic heterocycles. The van der Waals surface area contributed by atoms with Gasteiger partial charge in [0.1, 0.15) is 0 Å². The quantitative estimate of drug-likeness (QED) is 0.645. The maximum Gasteiger partial charge on any atom is 0.241 e. The third kappa shape index (κ3) is 6.44. The molecule has 0 saturated carbocycles. The van der Waals surface area contributed by atoms with Crippen LogP contribution in [-0.4, -0.2) is 28.2 Å². The van der Waals surface area contributed by atoms with Gasteiger partial charge in [-0.05, 0) is 46.0 Å². The molecule has 7 heteroatoms. The first-order chi connectivity index (χ1) is 9.86. The minimum absolute atomic E-state index is 0.202. The van der Waals surface area contributed by atoms with Gasteiger partial charge in [-0.15, -0.1) is 0 Å². The van der Waals surface area contributed by atoms with E-state index in [4.69, 9.17) is 10.5 Å². The van der Waals surface area contributed by atoms with Gasteiger partial charge in [-0.1, -0.05) is 19.9 Å². The minimum atomic E-state index is -3.56. The fourth-order valence-corrected chi connectivity index (χ4v) is 3.65. The van der Waals surface area contributed by atoms with E-state index in [0.29, 0.717) is 30.1 Å². The highest BCUT2D eigenvalue weighted by molar-refractivity contribution is 9.10. The highest BCUT2D eigenvalue weighted by atomic mass is 79.9. The maximum atomic E-state index is 12.2. The van der Waals surface area contributed by atoms with Crippen molar-refractivity contribution in [1.29, 1.82) is 0 Å². The Labute approximate surface area is 135 Å². The van der Waals surface area contributed by atoms with Crippen molar-refractivity contribution in [2.24, 2.45) is 11.7 Å². The van der Waals surface area contributed by atoms with Crippen LogP contribution in [0.2, 0.25) is 0 Å². The molecule has 0 saturated heterocycles. The summed E-state index contributed by atoms with van der Waals surface area (Å²) in [6, 6.07) is 5.06. The second-order valence-corrected chi connectivity index (χ2v) is 7.75. The summed E-state index contributed by atoms with van der Waals surface area (Å²) in [6.45, 7) is 5.79. The summed E-state index contributed by atoms with van der Waals surface area (Å²) in [6.07, 6.45) is 0.969. The van der Waals surface area contributed by atoms with Crippen molar-refractivity contribution < 1.29 is 13.2 Å². The second kappa shape index (κ2) is 8.85. The number of benzene rings is 1. The van der Waals surface area contributed by atoms with E-state index in [1.165, 1.54) is 0 Å². The number of halogens is 1. The molecule has 120 valence electrons. The van der Waals surface area contributed by atoms with Crippen LogP contribution < -0.4 is 10.5 Å². The summed E-state index contributed by atoms with van der Waals surface area (Å²) < 4.78 is 32.9. The number of ether oxygens (including phenoxy) is 1. The zero-order chi connectivity index (χ0) is 15.9. The van der Waals surface area contributed by atoms with Gasteiger partial charge in [-0.2, -0.15) is 0 Å². The lowest BCUT2D eigenvalue weighted by Crippen LogP contribution is -2.28. The maximum absolute atomic E-state index is 12.2. The van der Waals surface area contributed by atoms with E-state index in [1.807, 2.05) is 0 Å². The molecule has 1 aromatic carbocycles. The third-order valence-corrected chi connectivity index (χ3v) is 5.35. The van der Waals surface area contributed by atoms with E-state index in [0.717, 1.165) is 12.0 Å². The Bertz CT molecular complexity index is 547. The molecule has 3 N–H and O–H groups in total. The normalized spacial score (nSPS) is 12.0. The number of nitrogens with two attached hydrogens (primary N) is 1. The fourth-order valence-electron chi connectivity index (χ4n) is 1.63. The van der Waals surface area contributed by atoms with Gasteiger partial charge in [0.25, 0.3) is 0 Å². The van der Waals surface area contributed by atoms with Gasteiger partial charge in [0.2, 0.25) is 10.0 Å². The van der Waals surface area contributed by atoms with Crippen molar-refractivity contribution in [2.45, 2.75) is 31.7 Å². The average molecular weight is 379 g/mol. The molecule has 0 amide bonds. The standard InChI is InChI=1S/C14H23BrN2O3S/c1-11(2)5-7-20-8-6-17-21(18,19)14-9-12(10-16)3-4-13(14)15/h3-4,9,11,17H,5-8,10,16H2,1-2H3. The van der Waals surface area contributed by atoms with Crippen LogP contribution >= 0.6 is 15.9 Å². The average Bonchev–Trinajstić information content (AvgIpc) is 2.42. The molecule has 0 radical (unpaired) electrons. The molecule has 0 atom stereocenters. The van der Waals surface area contributed by atoms with Crippen molar-refractivity contribution in [3.05, 3.63) is 28.2 Å². The number of rotatable bonds is 9. The Morgan fingerprint density at radius 2 is 2.05 bits per heavy atom. The smallest absolute Gasteiger partial charge is 0.241 e. The van der Waals surface area contributed by atoms with E-state index in [2.05, 4.69) is 34.5 Å². The first-order valence-electron chi connectivity index (χ1n) is 6.92. The number of sulfonamides is 1. The van der Waals surface area contributed by atoms with Crippen molar-refractivity contribution >= 4 is 26.0 Å². The monoisotopic (exact) mass is 378 g/mol. The van der Waals surface area contributed by atoms with Crippen LogP contribution in [0.25, 0.3) is 0 Å². The lowest BCUT2D eigenvalue weighted by Gasteiger charge is -2.10. The molecular formula is C14H23BrN2O3S. The number of hydrogen-bond acceptors (Lipinski definition) is 4. The fraction of sp³-hybridized carbons (Fsp3) is 0.571. The Morgan fingerprint density at radius 3 is 2.67 bits per heavy atom. The zero-order valence-electron chi connectivity index (χ0n) is 12.4. The molecule has 1 aromatic rings. The molecule has 0 aliphatic rings. The van der Waals surface area contributed by atoms with E-state index in [-0.39, 0.29) is 11.4 Å². The molecule has 0 unspecified atom stereocenters. The van der Waals surface area contributed by atoms with Gasteiger partial charge >= 0.3 is 0 Å². The summed E-state index contributed by atoms with van der Waals surface area (Å²) >= 11 is 3.25. The molecule has 5 nitrogen and oxygen atoms in total. The Balaban J connectivity index is 2.54. The summed E-state index contributed by atoms with van der Waals surface area (Å²) in [7, 11) is -3.56. The van der Waals surface area contributed by atoms with E-state index in [1.54, 1.807) is 18.2 Å². The molecule has 0 spiro atoms. The Kier molecular flexibility index (Phi) is 7.83. The van der Waals surface area contributed by atoms with Crippen LogP contribution in [0.4, 0.5) is 0 Å². The SMILES string of the molecule is CC(C)CCOCCNS(=O)(=O)c1cc(CN)ccc1Br. The first kappa shape index (κ1) is 18.6. The van der Waals surface area contributed by atoms with Gasteiger partial charge in [0, 0.05) is 24.2 Å². The molecule has 0 aliphatic heterocycles. The highest BCUT2D eigenvalue weighted by Crippen LogP contribution is 2.22. The summed E-state index contributed by atoms with van der Waals surface area (Å²) in [5.74, 6) is 0.580. The summed E-state index contributed by atoms with van der Waals surface area (Å²) in [5.41, 5.74) is 6.31. The van der Waals surface area contributed by atoms with Gasteiger partial charge in [-0.25, -0.2) is 13.1 Å².